The highest BCUT2D eigenvalue weighted by Gasteiger charge is 1.94. The minimum atomic E-state index is 0.0552. The molecule has 0 heterocycles. The van der Waals surface area contributed by atoms with Crippen LogP contribution < -0.4 is 0 Å². The molecule has 2 heteroatoms. The van der Waals surface area contributed by atoms with Gasteiger partial charge in [0.05, 0.1) is 6.61 Å². The minimum absolute atomic E-state index is 0.0552. The molecular formula is C11H14O2. The standard InChI is InChI=1S/C11H14O2/c12-8-4-3-6-10-5-1-2-7-11(10)9-13/h1-3,5-7,12-13H,4,8-9H2. The average molecular weight is 178 g/mol. The van der Waals surface area contributed by atoms with Crippen molar-refractivity contribution in [2.45, 2.75) is 13.0 Å². The van der Waals surface area contributed by atoms with E-state index in [1.54, 1.807) is 0 Å². The fourth-order valence-corrected chi connectivity index (χ4v) is 1.13. The van der Waals surface area contributed by atoms with E-state index in [1.165, 1.54) is 0 Å². The first-order chi connectivity index (χ1) is 6.38. The number of hydrogen-bond acceptors (Lipinski definition) is 2. The van der Waals surface area contributed by atoms with Gasteiger partial charge >= 0.3 is 0 Å². The molecule has 0 bridgehead atoms. The minimum Gasteiger partial charge on any atom is -0.396 e. The van der Waals surface area contributed by atoms with E-state index in [-0.39, 0.29) is 13.2 Å². The van der Waals surface area contributed by atoms with Crippen LogP contribution in [-0.2, 0) is 6.61 Å². The van der Waals surface area contributed by atoms with Gasteiger partial charge in [0.25, 0.3) is 0 Å². The zero-order chi connectivity index (χ0) is 9.52. The van der Waals surface area contributed by atoms with Crippen molar-refractivity contribution in [1.29, 1.82) is 0 Å². The first-order valence-corrected chi connectivity index (χ1v) is 4.34. The van der Waals surface area contributed by atoms with Gasteiger partial charge in [-0.05, 0) is 17.5 Å². The Bertz CT molecular complexity index is 279. The highest BCUT2D eigenvalue weighted by atomic mass is 16.3. The Balaban J connectivity index is 2.74. The third-order valence-corrected chi connectivity index (χ3v) is 1.82. The topological polar surface area (TPSA) is 40.5 Å². The van der Waals surface area contributed by atoms with E-state index in [2.05, 4.69) is 0 Å². The third kappa shape index (κ3) is 3.01. The summed E-state index contributed by atoms with van der Waals surface area (Å²) in [6.07, 6.45) is 4.47. The molecule has 0 saturated heterocycles. The molecular weight excluding hydrogens is 164 g/mol. The van der Waals surface area contributed by atoms with Gasteiger partial charge in [-0.3, -0.25) is 0 Å². The lowest BCUT2D eigenvalue weighted by Gasteiger charge is -2.00. The van der Waals surface area contributed by atoms with Crippen LogP contribution >= 0.6 is 0 Å². The molecule has 0 spiro atoms. The van der Waals surface area contributed by atoms with Crippen LogP contribution in [0.2, 0.25) is 0 Å². The lowest BCUT2D eigenvalue weighted by Crippen LogP contribution is -1.87. The van der Waals surface area contributed by atoms with Crippen LogP contribution in [0.25, 0.3) is 6.08 Å². The molecule has 0 atom stereocenters. The molecule has 0 aliphatic rings. The molecule has 0 aromatic heterocycles. The fraction of sp³-hybridized carbons (Fsp3) is 0.273. The summed E-state index contributed by atoms with van der Waals surface area (Å²) in [5, 5.41) is 17.6. The normalized spacial score (nSPS) is 10.9. The maximum absolute atomic E-state index is 8.99. The van der Waals surface area contributed by atoms with Gasteiger partial charge in [-0.2, -0.15) is 0 Å². The van der Waals surface area contributed by atoms with Crippen LogP contribution in [0.15, 0.2) is 30.3 Å². The Morgan fingerprint density at radius 1 is 1.15 bits per heavy atom. The number of rotatable bonds is 4. The summed E-state index contributed by atoms with van der Waals surface area (Å²) in [5.41, 5.74) is 1.93. The van der Waals surface area contributed by atoms with Gasteiger partial charge in [0.1, 0.15) is 0 Å². The van der Waals surface area contributed by atoms with Crippen LogP contribution in [0.1, 0.15) is 17.5 Å². The highest BCUT2D eigenvalue weighted by molar-refractivity contribution is 5.53. The van der Waals surface area contributed by atoms with Crippen LogP contribution in [0.3, 0.4) is 0 Å². The second-order valence-electron chi connectivity index (χ2n) is 2.77. The van der Waals surface area contributed by atoms with E-state index in [9.17, 15) is 0 Å². The van der Waals surface area contributed by atoms with Crippen molar-refractivity contribution in [2.24, 2.45) is 0 Å². The number of aliphatic hydroxyl groups excluding tert-OH is 2. The quantitative estimate of drug-likeness (QED) is 0.734. The van der Waals surface area contributed by atoms with E-state index in [0.717, 1.165) is 11.1 Å². The molecule has 0 aliphatic carbocycles. The number of aliphatic hydroxyl groups is 2. The molecule has 0 amide bonds. The Labute approximate surface area is 78.2 Å². The number of hydrogen-bond donors (Lipinski definition) is 2. The maximum atomic E-state index is 8.99. The van der Waals surface area contributed by atoms with Crippen LogP contribution in [0.5, 0.6) is 0 Å². The Kier molecular flexibility index (Phi) is 4.23. The molecule has 0 unspecified atom stereocenters. The Hall–Kier alpha value is -1.12. The van der Waals surface area contributed by atoms with E-state index in [1.807, 2.05) is 36.4 Å². The SMILES string of the molecule is OCCC=Cc1ccccc1CO. The Morgan fingerprint density at radius 2 is 1.92 bits per heavy atom. The smallest absolute Gasteiger partial charge is 0.0687 e. The monoisotopic (exact) mass is 178 g/mol. The lowest BCUT2D eigenvalue weighted by atomic mass is 10.1. The summed E-state index contributed by atoms with van der Waals surface area (Å²) < 4.78 is 0. The number of benzene rings is 1. The van der Waals surface area contributed by atoms with Crippen molar-refractivity contribution in [2.75, 3.05) is 6.61 Å². The summed E-state index contributed by atoms with van der Waals surface area (Å²) in [6.45, 7) is 0.220. The lowest BCUT2D eigenvalue weighted by molar-refractivity contribution is 0.281. The molecule has 0 fully saturated rings. The largest absolute Gasteiger partial charge is 0.396 e. The van der Waals surface area contributed by atoms with Gasteiger partial charge < -0.3 is 10.2 Å². The van der Waals surface area contributed by atoms with Crippen molar-refractivity contribution < 1.29 is 10.2 Å². The van der Waals surface area contributed by atoms with Gasteiger partial charge in [0, 0.05) is 6.61 Å². The third-order valence-electron chi connectivity index (χ3n) is 1.82. The molecule has 2 nitrogen and oxygen atoms in total. The van der Waals surface area contributed by atoms with Crippen LogP contribution in [0.4, 0.5) is 0 Å². The van der Waals surface area contributed by atoms with Gasteiger partial charge in [-0.25, -0.2) is 0 Å². The summed E-state index contributed by atoms with van der Waals surface area (Å²) in [7, 11) is 0. The van der Waals surface area contributed by atoms with Crippen molar-refractivity contribution in [3.63, 3.8) is 0 Å². The van der Waals surface area contributed by atoms with Crippen molar-refractivity contribution >= 4 is 6.08 Å². The molecule has 1 rings (SSSR count). The second kappa shape index (κ2) is 5.51. The zero-order valence-electron chi connectivity index (χ0n) is 7.48. The van der Waals surface area contributed by atoms with Gasteiger partial charge in [-0.1, -0.05) is 36.4 Å². The molecule has 1 aromatic carbocycles. The fourth-order valence-electron chi connectivity index (χ4n) is 1.13. The predicted molar refractivity (Wildman–Crippen MR) is 53.1 cm³/mol. The summed E-state index contributed by atoms with van der Waals surface area (Å²) in [4.78, 5) is 0. The van der Waals surface area contributed by atoms with E-state index < -0.39 is 0 Å². The van der Waals surface area contributed by atoms with E-state index in [0.29, 0.717) is 6.42 Å². The van der Waals surface area contributed by atoms with Crippen LogP contribution in [-0.4, -0.2) is 16.8 Å². The molecule has 1 aromatic rings. The van der Waals surface area contributed by atoms with Gasteiger partial charge in [0.2, 0.25) is 0 Å². The molecule has 0 saturated carbocycles. The Morgan fingerprint density at radius 3 is 2.62 bits per heavy atom. The molecule has 13 heavy (non-hydrogen) atoms. The van der Waals surface area contributed by atoms with Gasteiger partial charge in [0.15, 0.2) is 0 Å². The maximum Gasteiger partial charge on any atom is 0.0687 e. The van der Waals surface area contributed by atoms with Crippen molar-refractivity contribution in [3.05, 3.63) is 41.5 Å². The predicted octanol–water partition coefficient (Wildman–Crippen LogP) is 1.57. The van der Waals surface area contributed by atoms with E-state index >= 15 is 0 Å². The van der Waals surface area contributed by atoms with Crippen molar-refractivity contribution in [1.82, 2.24) is 0 Å². The first kappa shape index (κ1) is 9.96. The highest BCUT2D eigenvalue weighted by Crippen LogP contribution is 2.10. The molecule has 0 aliphatic heterocycles. The molecule has 0 radical (unpaired) electrons. The average Bonchev–Trinajstić information content (AvgIpc) is 2.19. The summed E-state index contributed by atoms with van der Waals surface area (Å²) in [6, 6.07) is 7.66. The molecule has 2 N–H and O–H groups in total. The van der Waals surface area contributed by atoms with Gasteiger partial charge in [-0.15, -0.1) is 0 Å². The molecule has 70 valence electrons. The van der Waals surface area contributed by atoms with E-state index in [4.69, 9.17) is 10.2 Å². The second-order valence-corrected chi connectivity index (χ2v) is 2.77. The zero-order valence-corrected chi connectivity index (χ0v) is 7.48. The first-order valence-electron chi connectivity index (χ1n) is 4.34. The van der Waals surface area contributed by atoms with Crippen LogP contribution in [0, 0.1) is 0 Å². The van der Waals surface area contributed by atoms with Crippen molar-refractivity contribution in [3.8, 4) is 0 Å². The summed E-state index contributed by atoms with van der Waals surface area (Å²) >= 11 is 0. The summed E-state index contributed by atoms with van der Waals surface area (Å²) in [5.74, 6) is 0.